The summed E-state index contributed by atoms with van der Waals surface area (Å²) in [5.74, 6) is -0.704. The number of amides is 3. The molecular weight excluding hydrogens is 768 g/mol. The second kappa shape index (κ2) is 15.3. The van der Waals surface area contributed by atoms with E-state index in [4.69, 9.17) is 39.9 Å². The van der Waals surface area contributed by atoms with Crippen LogP contribution in [0.1, 0.15) is 73.6 Å². The normalized spacial score (nSPS) is 27.7. The maximum absolute atomic E-state index is 14.8. The molecule has 3 heterocycles. The van der Waals surface area contributed by atoms with E-state index < -0.39 is 53.0 Å². The summed E-state index contributed by atoms with van der Waals surface area (Å²) in [6, 6.07) is 3.39. The highest BCUT2D eigenvalue weighted by molar-refractivity contribution is 6.36. The van der Waals surface area contributed by atoms with Gasteiger partial charge in [-0.2, -0.15) is 4.98 Å². The molecule has 15 nitrogen and oxygen atoms in total. The number of hydrogen-bond donors (Lipinski definition) is 3. The topological polar surface area (TPSA) is 183 Å². The molecule has 3 amide bonds. The predicted octanol–water partition coefficient (Wildman–Crippen LogP) is 6.28. The fourth-order valence-corrected chi connectivity index (χ4v) is 8.88. The summed E-state index contributed by atoms with van der Waals surface area (Å²) in [4.78, 5) is 66.3. The Morgan fingerprint density at radius 3 is 2.43 bits per heavy atom. The van der Waals surface area contributed by atoms with E-state index in [2.05, 4.69) is 34.4 Å². The zero-order valence-electron chi connectivity index (χ0n) is 34.3. The third kappa shape index (κ3) is 7.89. The first-order valence-corrected chi connectivity index (χ1v) is 20.1. The zero-order chi connectivity index (χ0) is 41.9. The molecule has 58 heavy (non-hydrogen) atoms. The second-order valence-electron chi connectivity index (χ2n) is 17.8. The number of methoxy groups -OCH3 is 2. The van der Waals surface area contributed by atoms with Crippen LogP contribution in [-0.2, 0) is 23.9 Å². The van der Waals surface area contributed by atoms with E-state index in [1.807, 2.05) is 34.6 Å². The van der Waals surface area contributed by atoms with Crippen LogP contribution in [-0.4, -0.2) is 95.4 Å². The molecule has 1 aliphatic heterocycles. The summed E-state index contributed by atoms with van der Waals surface area (Å²) >= 11 is 6.82. The van der Waals surface area contributed by atoms with Crippen LogP contribution in [0.5, 0.6) is 11.5 Å². The number of oxazole rings is 1. The molecule has 1 saturated heterocycles. The average Bonchev–Trinajstić information content (AvgIpc) is 3.74. The molecule has 4 aliphatic rings. The lowest BCUT2D eigenvalue weighted by Gasteiger charge is -2.35. The Bertz CT molecular complexity index is 2130. The first kappa shape index (κ1) is 41.1. The molecule has 3 aliphatic carbocycles. The number of nitrogens with one attached hydrogen (secondary N) is 3. The van der Waals surface area contributed by atoms with Crippen LogP contribution >= 0.6 is 11.6 Å². The Kier molecular flexibility index (Phi) is 10.8. The van der Waals surface area contributed by atoms with Crippen LogP contribution in [0.25, 0.3) is 22.3 Å². The molecule has 2 aromatic heterocycles. The van der Waals surface area contributed by atoms with E-state index in [0.717, 1.165) is 19.3 Å². The third-order valence-electron chi connectivity index (χ3n) is 12.0. The molecular formula is C42H53ClN6O9. The van der Waals surface area contributed by atoms with E-state index in [9.17, 15) is 19.2 Å². The summed E-state index contributed by atoms with van der Waals surface area (Å²) < 4.78 is 28.8. The molecule has 3 N–H and O–H groups in total. The second-order valence-corrected chi connectivity index (χ2v) is 18.1. The lowest BCUT2D eigenvalue weighted by Crippen LogP contribution is -2.59. The molecule has 0 bridgehead atoms. The van der Waals surface area contributed by atoms with Gasteiger partial charge in [-0.3, -0.25) is 9.59 Å². The number of ether oxygens (including phenoxy) is 4. The molecule has 1 unspecified atom stereocenters. The maximum atomic E-state index is 14.8. The molecule has 1 aromatic carbocycles. The molecule has 4 fully saturated rings. The number of benzene rings is 1. The summed E-state index contributed by atoms with van der Waals surface area (Å²) in [5.41, 5.74) is -0.694. The van der Waals surface area contributed by atoms with E-state index in [0.29, 0.717) is 52.1 Å². The van der Waals surface area contributed by atoms with Crippen molar-refractivity contribution in [1.29, 1.82) is 0 Å². The van der Waals surface area contributed by atoms with Crippen LogP contribution in [0.4, 0.5) is 10.8 Å². The molecule has 3 saturated carbocycles. The van der Waals surface area contributed by atoms with Crippen molar-refractivity contribution in [3.8, 4) is 22.9 Å². The zero-order valence-corrected chi connectivity index (χ0v) is 35.0. The molecule has 16 heteroatoms. The van der Waals surface area contributed by atoms with Crippen molar-refractivity contribution in [3.63, 3.8) is 0 Å². The molecule has 8 atom stereocenters. The highest BCUT2D eigenvalue weighted by Gasteiger charge is 2.62. The van der Waals surface area contributed by atoms with Gasteiger partial charge in [0.05, 0.1) is 32.0 Å². The Balaban J connectivity index is 1.20. The molecule has 0 radical (unpaired) electrons. The monoisotopic (exact) mass is 820 g/mol. The Labute approximate surface area is 342 Å². The number of pyridine rings is 1. The first-order chi connectivity index (χ1) is 27.4. The summed E-state index contributed by atoms with van der Waals surface area (Å²) in [7, 11) is 2.76. The molecule has 312 valence electrons. The summed E-state index contributed by atoms with van der Waals surface area (Å²) in [5, 5.41) is 9.67. The number of carbonyl (C=O) groups excluding carboxylic acids is 4. The summed E-state index contributed by atoms with van der Waals surface area (Å²) in [6.07, 6.45) is 4.50. The lowest BCUT2D eigenvalue weighted by atomic mass is 9.85. The van der Waals surface area contributed by atoms with Crippen LogP contribution in [0.15, 0.2) is 41.5 Å². The van der Waals surface area contributed by atoms with E-state index in [1.54, 1.807) is 24.3 Å². The van der Waals surface area contributed by atoms with Crippen molar-refractivity contribution in [1.82, 2.24) is 25.5 Å². The highest BCUT2D eigenvalue weighted by atomic mass is 35.5. The van der Waals surface area contributed by atoms with Crippen molar-refractivity contribution in [2.24, 2.45) is 22.7 Å². The Hall–Kier alpha value is -5.05. The number of likely N-dealkylation sites (tertiary alicyclic amines) is 1. The summed E-state index contributed by atoms with van der Waals surface area (Å²) in [6.45, 7) is 15.4. The van der Waals surface area contributed by atoms with Crippen LogP contribution in [0.3, 0.4) is 0 Å². The molecule has 7 rings (SSSR count). The fourth-order valence-electron chi connectivity index (χ4n) is 8.59. The van der Waals surface area contributed by atoms with Gasteiger partial charge in [0.15, 0.2) is 0 Å². The lowest BCUT2D eigenvalue weighted by molar-refractivity contribution is -0.148. The van der Waals surface area contributed by atoms with Crippen LogP contribution in [0.2, 0.25) is 5.02 Å². The van der Waals surface area contributed by atoms with Gasteiger partial charge >= 0.3 is 12.1 Å². The highest BCUT2D eigenvalue weighted by Crippen LogP contribution is 2.63. The van der Waals surface area contributed by atoms with Gasteiger partial charge in [-0.15, -0.1) is 6.58 Å². The number of aromatic nitrogens is 2. The average molecular weight is 821 g/mol. The van der Waals surface area contributed by atoms with Crippen molar-refractivity contribution in [3.05, 3.63) is 42.1 Å². The molecule has 3 aromatic rings. The van der Waals surface area contributed by atoms with Crippen LogP contribution < -0.4 is 25.4 Å². The van der Waals surface area contributed by atoms with E-state index in [-0.39, 0.29) is 41.5 Å². The predicted molar refractivity (Wildman–Crippen MR) is 215 cm³/mol. The fraction of sp³-hybridized carbons (Fsp3) is 0.571. The van der Waals surface area contributed by atoms with Gasteiger partial charge < -0.3 is 44.2 Å². The SMILES string of the molecule is C=C[C@@H]1C[C@]1(NC(=O)[C@@H]1C[C@@H](Oc2cc(-c3coc(NC(C)C)n3)nc3c(Cl)c(OC)ccc23)CN1C(=O)[C@@H](NC(=O)O[C@@H]1C[C@@H]2CC2(C)C1)C(C)(C)C)C(=O)OC. The van der Waals surface area contributed by atoms with Gasteiger partial charge in [-0.05, 0) is 68.4 Å². The van der Waals surface area contributed by atoms with Gasteiger partial charge in [0, 0.05) is 29.8 Å². The minimum absolute atomic E-state index is 0.0333. The van der Waals surface area contributed by atoms with Crippen molar-refractivity contribution in [2.75, 3.05) is 26.1 Å². The molecule has 0 spiro atoms. The van der Waals surface area contributed by atoms with Gasteiger partial charge in [0.1, 0.15) is 58.3 Å². The van der Waals surface area contributed by atoms with E-state index >= 15 is 0 Å². The smallest absolute Gasteiger partial charge is 0.408 e. The quantitative estimate of drug-likeness (QED) is 0.130. The maximum Gasteiger partial charge on any atom is 0.408 e. The van der Waals surface area contributed by atoms with Gasteiger partial charge in [-0.1, -0.05) is 45.4 Å². The van der Waals surface area contributed by atoms with Gasteiger partial charge in [0.25, 0.3) is 6.01 Å². The van der Waals surface area contributed by atoms with Crippen molar-refractivity contribution >= 4 is 52.4 Å². The standard InChI is InChI=1S/C42H53ClN6O9/c1-10-22-17-42(22,37(52)55-9)48-35(50)29-14-25(19-49(29)36(51)34(40(4,5)6)47-39(53)58-24-13-23-16-41(23,7)18-24)57-31-15-27(28-20-56-38(46-28)44-21(2)3)45-33-26(31)11-12-30(54-8)32(33)43/h10-12,15,20-25,29,34H,1,13-14,16-19H2,2-9H3,(H,44,46)(H,47,53)(H,48,50)/t22-,23-,24-,25-,29+,34-,41?,42-/m1/s1. The minimum atomic E-state index is -1.31. The first-order valence-electron chi connectivity index (χ1n) is 19.8. The van der Waals surface area contributed by atoms with Crippen LogP contribution in [0, 0.1) is 22.7 Å². The van der Waals surface area contributed by atoms with E-state index in [1.165, 1.54) is 25.4 Å². The van der Waals surface area contributed by atoms with Gasteiger partial charge in [0.2, 0.25) is 11.8 Å². The number of nitrogens with zero attached hydrogens (tertiary/aromatic N) is 3. The number of anilines is 1. The number of hydrogen-bond acceptors (Lipinski definition) is 12. The number of alkyl carbamates (subject to hydrolysis) is 1. The number of esters is 1. The Morgan fingerprint density at radius 1 is 1.05 bits per heavy atom. The number of halogens is 1. The number of rotatable bonds is 13. The largest absolute Gasteiger partial charge is 0.495 e. The minimum Gasteiger partial charge on any atom is -0.495 e. The Morgan fingerprint density at radius 2 is 1.81 bits per heavy atom. The van der Waals surface area contributed by atoms with Gasteiger partial charge in [-0.25, -0.2) is 14.6 Å². The van der Waals surface area contributed by atoms with Crippen molar-refractivity contribution < 1.29 is 42.5 Å². The third-order valence-corrected chi connectivity index (χ3v) is 12.4. The number of fused-ring (bicyclic) bond motifs is 2. The number of carbonyl (C=O) groups is 4. The van der Waals surface area contributed by atoms with Crippen molar-refractivity contribution in [2.45, 2.75) is 110 Å².